The average Bonchev–Trinajstić information content (AvgIpc) is 2.82. The fourth-order valence-electron chi connectivity index (χ4n) is 2.37. The van der Waals surface area contributed by atoms with Crippen LogP contribution in [0.2, 0.25) is 0 Å². The second-order valence-electron chi connectivity index (χ2n) is 4.99. The molecular weight excluding hydrogens is 248 g/mol. The lowest BCUT2D eigenvalue weighted by atomic mass is 9.96. The minimum atomic E-state index is -0.0426. The molecule has 1 aliphatic rings. The molecule has 1 fully saturated rings. The summed E-state index contributed by atoms with van der Waals surface area (Å²) >= 11 is 6.51. The molecule has 0 spiro atoms. The molecule has 3 unspecified atom stereocenters. The Kier molecular flexibility index (Phi) is 5.04. The molecule has 3 atom stereocenters. The normalized spacial score (nSPS) is 25.3. The van der Waals surface area contributed by atoms with E-state index in [-0.39, 0.29) is 11.5 Å². The van der Waals surface area contributed by atoms with Crippen molar-refractivity contribution in [1.29, 1.82) is 0 Å². The smallest absolute Gasteiger partial charge is 0.0849 e. The average molecular weight is 269 g/mol. The zero-order valence-corrected chi connectivity index (χ0v) is 11.8. The van der Waals surface area contributed by atoms with Gasteiger partial charge in [0.2, 0.25) is 0 Å². The summed E-state index contributed by atoms with van der Waals surface area (Å²) in [6.45, 7) is 3.80. The van der Waals surface area contributed by atoms with Crippen LogP contribution in [0.15, 0.2) is 24.3 Å². The third-order valence-electron chi connectivity index (χ3n) is 3.63. The van der Waals surface area contributed by atoms with Crippen molar-refractivity contribution < 1.29 is 9.47 Å². The summed E-state index contributed by atoms with van der Waals surface area (Å²) in [4.78, 5) is 0. The van der Waals surface area contributed by atoms with E-state index in [1.54, 1.807) is 7.11 Å². The van der Waals surface area contributed by atoms with Crippen molar-refractivity contribution in [1.82, 2.24) is 0 Å². The Morgan fingerprint density at radius 3 is 2.67 bits per heavy atom. The quantitative estimate of drug-likeness (QED) is 0.760. The summed E-state index contributed by atoms with van der Waals surface area (Å²) < 4.78 is 10.8. The molecule has 2 rings (SSSR count). The van der Waals surface area contributed by atoms with E-state index in [0.717, 1.165) is 31.6 Å². The number of rotatable bonds is 5. The maximum Gasteiger partial charge on any atom is 0.0849 e. The molecule has 1 aromatic carbocycles. The summed E-state index contributed by atoms with van der Waals surface area (Å²) in [7, 11) is 1.72. The maximum atomic E-state index is 6.51. The third kappa shape index (κ3) is 3.25. The van der Waals surface area contributed by atoms with E-state index in [1.807, 2.05) is 0 Å². The maximum absolute atomic E-state index is 6.51. The first kappa shape index (κ1) is 13.9. The molecule has 0 bridgehead atoms. The zero-order chi connectivity index (χ0) is 13.0. The van der Waals surface area contributed by atoms with Gasteiger partial charge in [0, 0.05) is 13.7 Å². The van der Waals surface area contributed by atoms with Crippen LogP contribution in [0.25, 0.3) is 0 Å². The molecule has 1 aromatic rings. The van der Waals surface area contributed by atoms with Gasteiger partial charge in [-0.15, -0.1) is 11.6 Å². The number of methoxy groups -OCH3 is 1. The molecule has 100 valence electrons. The van der Waals surface area contributed by atoms with Gasteiger partial charge >= 0.3 is 0 Å². The van der Waals surface area contributed by atoms with E-state index in [1.165, 1.54) is 5.56 Å². The highest BCUT2D eigenvalue weighted by atomic mass is 35.5. The van der Waals surface area contributed by atoms with Crippen LogP contribution in [-0.2, 0) is 15.9 Å². The SMILES string of the molecule is COCCc1ccc(C(Cl)C2OCCC2C)cc1. The van der Waals surface area contributed by atoms with Crippen molar-refractivity contribution in [2.24, 2.45) is 5.92 Å². The van der Waals surface area contributed by atoms with Crippen molar-refractivity contribution >= 4 is 11.6 Å². The lowest BCUT2D eigenvalue weighted by molar-refractivity contribution is 0.0903. The fraction of sp³-hybridized carbons (Fsp3) is 0.600. The Morgan fingerprint density at radius 1 is 1.39 bits per heavy atom. The monoisotopic (exact) mass is 268 g/mol. The topological polar surface area (TPSA) is 18.5 Å². The summed E-state index contributed by atoms with van der Waals surface area (Å²) in [6.07, 6.45) is 2.20. The van der Waals surface area contributed by atoms with E-state index in [9.17, 15) is 0 Å². The zero-order valence-electron chi connectivity index (χ0n) is 11.1. The van der Waals surface area contributed by atoms with Gasteiger partial charge in [0.05, 0.1) is 18.1 Å². The Balaban J connectivity index is 2.00. The van der Waals surface area contributed by atoms with Crippen molar-refractivity contribution in [3.63, 3.8) is 0 Å². The first-order valence-electron chi connectivity index (χ1n) is 6.56. The largest absolute Gasteiger partial charge is 0.384 e. The van der Waals surface area contributed by atoms with Gasteiger partial charge in [-0.1, -0.05) is 31.2 Å². The van der Waals surface area contributed by atoms with Gasteiger partial charge in [0.1, 0.15) is 0 Å². The number of ether oxygens (including phenoxy) is 2. The molecule has 0 radical (unpaired) electrons. The highest BCUT2D eigenvalue weighted by Gasteiger charge is 2.31. The van der Waals surface area contributed by atoms with Crippen molar-refractivity contribution in [2.45, 2.75) is 31.2 Å². The molecule has 0 N–H and O–H groups in total. The Labute approximate surface area is 114 Å². The van der Waals surface area contributed by atoms with Gasteiger partial charge in [0.15, 0.2) is 0 Å². The number of benzene rings is 1. The van der Waals surface area contributed by atoms with Gasteiger partial charge in [-0.2, -0.15) is 0 Å². The fourth-order valence-corrected chi connectivity index (χ4v) is 2.84. The molecule has 2 nitrogen and oxygen atoms in total. The van der Waals surface area contributed by atoms with E-state index < -0.39 is 0 Å². The molecule has 1 aliphatic heterocycles. The molecule has 1 saturated heterocycles. The second kappa shape index (κ2) is 6.55. The molecule has 1 heterocycles. The molecule has 3 heteroatoms. The predicted octanol–water partition coefficient (Wildman–Crippen LogP) is 3.58. The van der Waals surface area contributed by atoms with E-state index >= 15 is 0 Å². The van der Waals surface area contributed by atoms with Crippen molar-refractivity contribution in [3.05, 3.63) is 35.4 Å². The minimum absolute atomic E-state index is 0.0426. The Bertz CT molecular complexity index is 363. The second-order valence-corrected chi connectivity index (χ2v) is 5.46. The van der Waals surface area contributed by atoms with Crippen molar-refractivity contribution in [2.75, 3.05) is 20.3 Å². The predicted molar refractivity (Wildman–Crippen MR) is 74.1 cm³/mol. The first-order valence-corrected chi connectivity index (χ1v) is 6.99. The van der Waals surface area contributed by atoms with Gasteiger partial charge in [-0.25, -0.2) is 0 Å². The van der Waals surface area contributed by atoms with Crippen LogP contribution in [0.4, 0.5) is 0 Å². The van der Waals surface area contributed by atoms with Crippen LogP contribution >= 0.6 is 11.6 Å². The lowest BCUT2D eigenvalue weighted by Crippen LogP contribution is -2.19. The van der Waals surface area contributed by atoms with Crippen LogP contribution < -0.4 is 0 Å². The summed E-state index contributed by atoms with van der Waals surface area (Å²) in [6, 6.07) is 8.47. The molecule has 0 aliphatic carbocycles. The lowest BCUT2D eigenvalue weighted by Gasteiger charge is -2.21. The van der Waals surface area contributed by atoms with Crippen molar-refractivity contribution in [3.8, 4) is 0 Å². The molecular formula is C15H21ClO2. The highest BCUT2D eigenvalue weighted by molar-refractivity contribution is 6.21. The van der Waals surface area contributed by atoms with Crippen LogP contribution in [-0.4, -0.2) is 26.4 Å². The Hall–Kier alpha value is -0.570. The molecule has 18 heavy (non-hydrogen) atoms. The van der Waals surface area contributed by atoms with Crippen LogP contribution in [0.1, 0.15) is 29.8 Å². The van der Waals surface area contributed by atoms with E-state index in [2.05, 4.69) is 31.2 Å². The van der Waals surface area contributed by atoms with Crippen LogP contribution in [0, 0.1) is 5.92 Å². The Morgan fingerprint density at radius 2 is 2.11 bits per heavy atom. The number of hydrogen-bond donors (Lipinski definition) is 0. The van der Waals surface area contributed by atoms with Crippen LogP contribution in [0.3, 0.4) is 0 Å². The van der Waals surface area contributed by atoms with E-state index in [0.29, 0.717) is 5.92 Å². The number of halogens is 1. The first-order chi connectivity index (χ1) is 8.72. The third-order valence-corrected chi connectivity index (χ3v) is 4.13. The molecule has 0 aromatic heterocycles. The van der Waals surface area contributed by atoms with Gasteiger partial charge in [-0.05, 0) is 29.9 Å². The number of hydrogen-bond acceptors (Lipinski definition) is 2. The molecule has 0 amide bonds. The van der Waals surface area contributed by atoms with Gasteiger partial charge < -0.3 is 9.47 Å². The van der Waals surface area contributed by atoms with Gasteiger partial charge in [-0.3, -0.25) is 0 Å². The van der Waals surface area contributed by atoms with Crippen LogP contribution in [0.5, 0.6) is 0 Å². The highest BCUT2D eigenvalue weighted by Crippen LogP contribution is 2.35. The van der Waals surface area contributed by atoms with Gasteiger partial charge in [0.25, 0.3) is 0 Å². The van der Waals surface area contributed by atoms with E-state index in [4.69, 9.17) is 21.1 Å². The standard InChI is InChI=1S/C15H21ClO2/c1-11-7-10-18-15(11)14(16)13-5-3-12(4-6-13)8-9-17-2/h3-6,11,14-15H,7-10H2,1-2H3. The minimum Gasteiger partial charge on any atom is -0.384 e. The molecule has 0 saturated carbocycles. The summed E-state index contributed by atoms with van der Waals surface area (Å²) in [5, 5.41) is -0.0426. The summed E-state index contributed by atoms with van der Waals surface area (Å²) in [5.74, 6) is 0.542. The summed E-state index contributed by atoms with van der Waals surface area (Å²) in [5.41, 5.74) is 2.43. The number of alkyl halides is 1.